The fraction of sp³-hybridized carbons (Fsp3) is 0.571. The number of thioether (sulfide) groups is 1. The summed E-state index contributed by atoms with van der Waals surface area (Å²) < 4.78 is 5.65. The van der Waals surface area contributed by atoms with E-state index in [-0.39, 0.29) is 6.10 Å². The Labute approximate surface area is 107 Å². The van der Waals surface area contributed by atoms with Crippen LogP contribution in [0.15, 0.2) is 24.3 Å². The summed E-state index contributed by atoms with van der Waals surface area (Å²) >= 11 is 1.85. The van der Waals surface area contributed by atoms with Crippen LogP contribution in [0.25, 0.3) is 0 Å². The predicted molar refractivity (Wildman–Crippen MR) is 72.9 cm³/mol. The van der Waals surface area contributed by atoms with Crippen LogP contribution in [-0.2, 0) is 0 Å². The Bertz CT molecular complexity index is 365. The summed E-state index contributed by atoms with van der Waals surface area (Å²) in [6, 6.07) is 8.30. The van der Waals surface area contributed by atoms with E-state index in [0.29, 0.717) is 11.2 Å². The van der Waals surface area contributed by atoms with Crippen molar-refractivity contribution >= 4 is 11.8 Å². The van der Waals surface area contributed by atoms with Crippen molar-refractivity contribution in [3.8, 4) is 5.75 Å². The summed E-state index contributed by atoms with van der Waals surface area (Å²) in [6.07, 6.45) is 0.839. The highest BCUT2D eigenvalue weighted by Gasteiger charge is 2.22. The smallest absolute Gasteiger partial charge is 0.122 e. The third kappa shape index (κ3) is 3.17. The lowest BCUT2D eigenvalue weighted by atomic mass is 9.95. The fourth-order valence-electron chi connectivity index (χ4n) is 2.00. The summed E-state index contributed by atoms with van der Waals surface area (Å²) in [5, 5.41) is 9.80. The largest absolute Gasteiger partial charge is 0.493 e. The number of ether oxygens (including phenoxy) is 1. The zero-order valence-electron chi connectivity index (χ0n) is 10.4. The van der Waals surface area contributed by atoms with Crippen molar-refractivity contribution in [2.45, 2.75) is 37.5 Å². The fourth-order valence-corrected chi connectivity index (χ4v) is 3.16. The van der Waals surface area contributed by atoms with E-state index < -0.39 is 0 Å². The summed E-state index contributed by atoms with van der Waals surface area (Å²) in [5.41, 5.74) is 1.32. The minimum atomic E-state index is -0.241. The number of aliphatic hydroxyl groups is 1. The van der Waals surface area contributed by atoms with Gasteiger partial charge in [-0.05, 0) is 30.9 Å². The van der Waals surface area contributed by atoms with Gasteiger partial charge in [0.1, 0.15) is 5.75 Å². The minimum Gasteiger partial charge on any atom is -0.493 e. The molecule has 17 heavy (non-hydrogen) atoms. The van der Waals surface area contributed by atoms with Gasteiger partial charge in [0.15, 0.2) is 0 Å². The molecule has 0 spiro atoms. The molecule has 2 rings (SSSR count). The second-order valence-corrected chi connectivity index (χ2v) is 6.06. The van der Waals surface area contributed by atoms with Gasteiger partial charge in [0.2, 0.25) is 0 Å². The van der Waals surface area contributed by atoms with Gasteiger partial charge in [0, 0.05) is 11.0 Å². The van der Waals surface area contributed by atoms with Gasteiger partial charge in [-0.2, -0.15) is 11.8 Å². The third-order valence-electron chi connectivity index (χ3n) is 3.32. The van der Waals surface area contributed by atoms with Crippen molar-refractivity contribution in [3.05, 3.63) is 29.8 Å². The van der Waals surface area contributed by atoms with Gasteiger partial charge in [-0.15, -0.1) is 0 Å². The Morgan fingerprint density at radius 3 is 2.94 bits per heavy atom. The average molecular weight is 252 g/mol. The van der Waals surface area contributed by atoms with Crippen LogP contribution < -0.4 is 4.74 Å². The molecule has 0 aromatic heterocycles. The molecular weight excluding hydrogens is 232 g/mol. The van der Waals surface area contributed by atoms with E-state index in [1.54, 1.807) is 0 Å². The van der Waals surface area contributed by atoms with E-state index >= 15 is 0 Å². The average Bonchev–Trinajstić information content (AvgIpc) is 2.35. The van der Waals surface area contributed by atoms with Crippen LogP contribution in [0.5, 0.6) is 5.75 Å². The van der Waals surface area contributed by atoms with E-state index in [0.717, 1.165) is 24.5 Å². The molecule has 0 amide bonds. The van der Waals surface area contributed by atoms with Crippen LogP contribution in [0.2, 0.25) is 0 Å². The molecule has 0 saturated carbocycles. The lowest BCUT2D eigenvalue weighted by Gasteiger charge is -2.27. The molecule has 3 heteroatoms. The maximum absolute atomic E-state index is 9.50. The summed E-state index contributed by atoms with van der Waals surface area (Å²) in [6.45, 7) is 4.75. The molecule has 1 aliphatic heterocycles. The first kappa shape index (κ1) is 12.8. The molecule has 2 nitrogen and oxygen atoms in total. The second-order valence-electron chi connectivity index (χ2n) is 4.65. The zero-order chi connectivity index (χ0) is 12.3. The molecule has 1 aromatic rings. The number of fused-ring (bicyclic) bond motifs is 1. The third-order valence-corrected chi connectivity index (χ3v) is 4.84. The molecule has 0 radical (unpaired) electrons. The van der Waals surface area contributed by atoms with Crippen LogP contribution in [-0.4, -0.2) is 28.8 Å². The number of aliphatic hydroxyl groups excluding tert-OH is 1. The Morgan fingerprint density at radius 2 is 2.18 bits per heavy atom. The molecule has 1 aromatic carbocycles. The maximum Gasteiger partial charge on any atom is 0.122 e. The first-order valence-electron chi connectivity index (χ1n) is 6.20. The van der Waals surface area contributed by atoms with Gasteiger partial charge >= 0.3 is 0 Å². The van der Waals surface area contributed by atoms with E-state index in [1.165, 1.54) is 5.56 Å². The molecule has 3 atom stereocenters. The van der Waals surface area contributed by atoms with Gasteiger partial charge in [-0.1, -0.05) is 25.1 Å². The van der Waals surface area contributed by atoms with Gasteiger partial charge in [0.05, 0.1) is 12.7 Å². The molecule has 1 N–H and O–H groups in total. The Balaban J connectivity index is 1.99. The van der Waals surface area contributed by atoms with Crippen LogP contribution in [0.4, 0.5) is 0 Å². The lowest BCUT2D eigenvalue weighted by molar-refractivity contribution is 0.196. The van der Waals surface area contributed by atoms with Gasteiger partial charge < -0.3 is 9.84 Å². The molecule has 0 fully saturated rings. The molecule has 3 unspecified atom stereocenters. The first-order chi connectivity index (χ1) is 8.18. The SMILES string of the molecule is CC(O)C(C)SCC1CCOc2ccccc21. The Kier molecular flexibility index (Phi) is 4.35. The monoisotopic (exact) mass is 252 g/mol. The molecule has 0 saturated heterocycles. The second kappa shape index (κ2) is 5.78. The quantitative estimate of drug-likeness (QED) is 0.893. The maximum atomic E-state index is 9.50. The van der Waals surface area contributed by atoms with E-state index in [2.05, 4.69) is 19.1 Å². The molecule has 94 valence electrons. The Hall–Kier alpha value is -0.670. The van der Waals surface area contributed by atoms with Gasteiger partial charge in [-0.25, -0.2) is 0 Å². The zero-order valence-corrected chi connectivity index (χ0v) is 11.2. The van der Waals surface area contributed by atoms with E-state index in [9.17, 15) is 5.11 Å². The highest BCUT2D eigenvalue weighted by molar-refractivity contribution is 7.99. The molecule has 0 aliphatic carbocycles. The summed E-state index contributed by atoms with van der Waals surface area (Å²) in [4.78, 5) is 0. The van der Waals surface area contributed by atoms with Gasteiger partial charge in [0.25, 0.3) is 0 Å². The van der Waals surface area contributed by atoms with Gasteiger partial charge in [-0.3, -0.25) is 0 Å². The standard InChI is InChI=1S/C14H20O2S/c1-10(15)11(2)17-9-12-7-8-16-14-6-4-3-5-13(12)14/h3-6,10-12,15H,7-9H2,1-2H3. The van der Waals surface area contributed by atoms with Crippen LogP contribution >= 0.6 is 11.8 Å². The van der Waals surface area contributed by atoms with E-state index in [4.69, 9.17) is 4.74 Å². The summed E-state index contributed by atoms with van der Waals surface area (Å²) in [7, 11) is 0. The molecule has 0 bridgehead atoms. The van der Waals surface area contributed by atoms with E-state index in [1.807, 2.05) is 30.8 Å². The van der Waals surface area contributed by atoms with Crippen molar-refractivity contribution in [2.24, 2.45) is 0 Å². The topological polar surface area (TPSA) is 29.5 Å². The molecule has 1 aliphatic rings. The normalized spacial score (nSPS) is 22.4. The highest BCUT2D eigenvalue weighted by atomic mass is 32.2. The summed E-state index contributed by atoms with van der Waals surface area (Å²) in [5.74, 6) is 2.66. The number of hydrogen-bond donors (Lipinski definition) is 1. The van der Waals surface area contributed by atoms with Crippen molar-refractivity contribution in [1.82, 2.24) is 0 Å². The van der Waals surface area contributed by atoms with Crippen LogP contribution in [0.1, 0.15) is 31.7 Å². The van der Waals surface area contributed by atoms with Crippen LogP contribution in [0, 0.1) is 0 Å². The van der Waals surface area contributed by atoms with Crippen molar-refractivity contribution in [3.63, 3.8) is 0 Å². The first-order valence-corrected chi connectivity index (χ1v) is 7.24. The minimum absolute atomic E-state index is 0.241. The Morgan fingerprint density at radius 1 is 1.41 bits per heavy atom. The highest BCUT2D eigenvalue weighted by Crippen LogP contribution is 2.36. The van der Waals surface area contributed by atoms with Crippen LogP contribution in [0.3, 0.4) is 0 Å². The predicted octanol–water partition coefficient (Wildman–Crippen LogP) is 3.06. The lowest BCUT2D eigenvalue weighted by Crippen LogP contribution is -2.20. The number of hydrogen-bond acceptors (Lipinski definition) is 3. The van der Waals surface area contributed by atoms with Crippen molar-refractivity contribution in [1.29, 1.82) is 0 Å². The van der Waals surface area contributed by atoms with Crippen molar-refractivity contribution in [2.75, 3.05) is 12.4 Å². The number of benzene rings is 1. The number of rotatable bonds is 4. The van der Waals surface area contributed by atoms with Crippen molar-refractivity contribution < 1.29 is 9.84 Å². The number of para-hydroxylation sites is 1. The molecule has 1 heterocycles. The molecular formula is C14H20O2S.